The first-order valence-electron chi connectivity index (χ1n) is 16.6. The topological polar surface area (TPSA) is 123 Å². The molecule has 1 unspecified atom stereocenters. The summed E-state index contributed by atoms with van der Waals surface area (Å²) in [6.07, 6.45) is 2.25. The SMILES string of the molecule is CCCC(I)c1ccc(/C(C)=N/N=C(\O)c2cc(-c3nnc(-c4ccc(C)cc4)o3)cc(-c3nnc(-c4ccc(C(C)(C)C)cc4)o3)c2)cc1. The summed E-state index contributed by atoms with van der Waals surface area (Å²) in [5.74, 6) is 0.962. The second-order valence-corrected chi connectivity index (χ2v) is 14.8. The van der Waals surface area contributed by atoms with Crippen molar-refractivity contribution in [3.63, 3.8) is 0 Å². The zero-order valence-corrected chi connectivity index (χ0v) is 31.1. The Morgan fingerprint density at radius 1 is 0.700 bits per heavy atom. The van der Waals surface area contributed by atoms with Gasteiger partial charge in [-0.2, -0.15) is 5.10 Å². The van der Waals surface area contributed by atoms with E-state index in [0.29, 0.717) is 38.1 Å². The molecule has 10 heteroatoms. The van der Waals surface area contributed by atoms with Crippen molar-refractivity contribution in [2.24, 2.45) is 10.2 Å². The van der Waals surface area contributed by atoms with Crippen LogP contribution in [0.25, 0.3) is 45.8 Å². The van der Waals surface area contributed by atoms with Crippen LogP contribution in [0.1, 0.15) is 79.2 Å². The normalized spacial score (nSPS) is 13.1. The van der Waals surface area contributed by atoms with Crippen molar-refractivity contribution < 1.29 is 13.9 Å². The number of hydrogen-bond acceptors (Lipinski definition) is 8. The summed E-state index contributed by atoms with van der Waals surface area (Å²) in [4.78, 5) is 0. The average molecular weight is 779 g/mol. The van der Waals surface area contributed by atoms with Crippen LogP contribution < -0.4 is 0 Å². The molecule has 6 rings (SSSR count). The number of halogens is 1. The highest BCUT2D eigenvalue weighted by atomic mass is 127. The molecule has 0 radical (unpaired) electrons. The quantitative estimate of drug-likeness (QED) is 0.0483. The van der Waals surface area contributed by atoms with Crippen LogP contribution in [-0.4, -0.2) is 37.1 Å². The molecule has 2 aromatic heterocycles. The zero-order valence-electron chi connectivity index (χ0n) is 29.0. The molecular formula is C40H39IN6O3. The lowest BCUT2D eigenvalue weighted by Crippen LogP contribution is -2.10. The highest BCUT2D eigenvalue weighted by Crippen LogP contribution is 2.32. The number of aromatic nitrogens is 4. The molecule has 254 valence electrons. The van der Waals surface area contributed by atoms with Gasteiger partial charge in [-0.3, -0.25) is 0 Å². The molecule has 0 aliphatic heterocycles. The van der Waals surface area contributed by atoms with Gasteiger partial charge in [-0.15, -0.1) is 25.5 Å². The zero-order chi connectivity index (χ0) is 35.4. The molecule has 0 fully saturated rings. The molecular weight excluding hydrogens is 739 g/mol. The summed E-state index contributed by atoms with van der Waals surface area (Å²) in [5, 5.41) is 37.0. The summed E-state index contributed by atoms with van der Waals surface area (Å²) in [6, 6.07) is 29.5. The molecule has 2 heterocycles. The Balaban J connectivity index is 1.35. The van der Waals surface area contributed by atoms with Crippen molar-refractivity contribution >= 4 is 34.2 Å². The van der Waals surface area contributed by atoms with Crippen LogP contribution in [0.2, 0.25) is 0 Å². The van der Waals surface area contributed by atoms with Gasteiger partial charge in [0.25, 0.3) is 0 Å². The predicted octanol–water partition coefficient (Wildman–Crippen LogP) is 10.7. The number of aliphatic hydroxyl groups excluding tert-OH is 1. The van der Waals surface area contributed by atoms with E-state index < -0.39 is 0 Å². The molecule has 4 aromatic carbocycles. The number of alkyl halides is 1. The van der Waals surface area contributed by atoms with Crippen molar-refractivity contribution in [3.8, 4) is 45.8 Å². The van der Waals surface area contributed by atoms with Crippen LogP contribution in [0.5, 0.6) is 0 Å². The number of nitrogens with zero attached hydrogens (tertiary/aromatic N) is 6. The Morgan fingerprint density at radius 2 is 1.20 bits per heavy atom. The number of aliphatic hydroxyl groups is 1. The largest absolute Gasteiger partial charge is 0.492 e. The van der Waals surface area contributed by atoms with Gasteiger partial charge in [0.1, 0.15) is 0 Å². The van der Waals surface area contributed by atoms with Gasteiger partial charge in [-0.05, 0) is 84.8 Å². The fraction of sp³-hybridized carbons (Fsp3) is 0.250. The fourth-order valence-corrected chi connectivity index (χ4v) is 6.35. The van der Waals surface area contributed by atoms with Crippen LogP contribution >= 0.6 is 22.6 Å². The second-order valence-electron chi connectivity index (χ2n) is 13.3. The predicted molar refractivity (Wildman–Crippen MR) is 207 cm³/mol. The van der Waals surface area contributed by atoms with Crippen molar-refractivity contribution in [1.82, 2.24) is 20.4 Å². The monoisotopic (exact) mass is 778 g/mol. The van der Waals surface area contributed by atoms with E-state index in [2.05, 4.69) is 105 Å². The van der Waals surface area contributed by atoms with Gasteiger partial charge in [0.2, 0.25) is 29.5 Å². The van der Waals surface area contributed by atoms with Crippen LogP contribution in [0, 0.1) is 6.92 Å². The van der Waals surface area contributed by atoms with Gasteiger partial charge in [-0.1, -0.05) is 111 Å². The molecule has 0 saturated carbocycles. The van der Waals surface area contributed by atoms with Gasteiger partial charge in [0.15, 0.2) is 0 Å². The van der Waals surface area contributed by atoms with Gasteiger partial charge in [0, 0.05) is 31.7 Å². The fourth-order valence-electron chi connectivity index (χ4n) is 5.32. The van der Waals surface area contributed by atoms with Crippen molar-refractivity contribution in [2.75, 3.05) is 0 Å². The average Bonchev–Trinajstić information content (AvgIpc) is 3.82. The number of hydrogen-bond donors (Lipinski definition) is 1. The molecule has 1 atom stereocenters. The molecule has 50 heavy (non-hydrogen) atoms. The summed E-state index contributed by atoms with van der Waals surface area (Å²) >= 11 is 2.48. The maximum Gasteiger partial charge on any atom is 0.248 e. The molecule has 0 saturated heterocycles. The summed E-state index contributed by atoms with van der Waals surface area (Å²) in [7, 11) is 0. The summed E-state index contributed by atoms with van der Waals surface area (Å²) < 4.78 is 12.7. The first kappa shape index (κ1) is 34.9. The van der Waals surface area contributed by atoms with Gasteiger partial charge >= 0.3 is 0 Å². The number of benzene rings is 4. The molecule has 9 nitrogen and oxygen atoms in total. The number of aryl methyl sites for hydroxylation is 1. The van der Waals surface area contributed by atoms with E-state index >= 15 is 0 Å². The van der Waals surface area contributed by atoms with E-state index in [1.165, 1.54) is 11.1 Å². The summed E-state index contributed by atoms with van der Waals surface area (Å²) in [5.41, 5.74) is 8.25. The van der Waals surface area contributed by atoms with Gasteiger partial charge in [-0.25, -0.2) is 0 Å². The lowest BCUT2D eigenvalue weighted by molar-refractivity contribution is 0.551. The Labute approximate surface area is 305 Å². The van der Waals surface area contributed by atoms with Crippen LogP contribution in [-0.2, 0) is 5.41 Å². The van der Waals surface area contributed by atoms with Gasteiger partial charge in [0.05, 0.1) is 5.71 Å². The van der Waals surface area contributed by atoms with Gasteiger partial charge < -0.3 is 13.9 Å². The first-order chi connectivity index (χ1) is 24.0. The summed E-state index contributed by atoms with van der Waals surface area (Å²) in [6.45, 7) is 12.6. The Hall–Kier alpha value is -4.97. The van der Waals surface area contributed by atoms with E-state index in [1.54, 1.807) is 18.2 Å². The minimum Gasteiger partial charge on any atom is -0.492 e. The van der Waals surface area contributed by atoms with Crippen LogP contribution in [0.15, 0.2) is 110 Å². The first-order valence-corrected chi connectivity index (χ1v) is 17.8. The Morgan fingerprint density at radius 3 is 1.70 bits per heavy atom. The standard InChI is InChI=1S/C40H39IN6O3/c1-7-8-34(41)27-15-13-26(14-16-27)25(3)42-43-35(48)30-21-31(38-46-44-36(49-38)28-11-9-24(2)10-12-28)23-32(22-30)39-47-45-37(50-39)29-17-19-33(20-18-29)40(4,5)6/h9-23,34H,7-8H2,1-6H3,(H,43,48)/b42-25+. The van der Waals surface area contributed by atoms with E-state index in [-0.39, 0.29) is 23.1 Å². The third-order valence-corrected chi connectivity index (χ3v) is 9.70. The highest BCUT2D eigenvalue weighted by molar-refractivity contribution is 14.1. The molecule has 0 aliphatic carbocycles. The Kier molecular flexibility index (Phi) is 10.4. The lowest BCUT2D eigenvalue weighted by atomic mass is 9.87. The highest BCUT2D eigenvalue weighted by Gasteiger charge is 2.19. The smallest absolute Gasteiger partial charge is 0.248 e. The molecule has 0 amide bonds. The van der Waals surface area contributed by atoms with Crippen molar-refractivity contribution in [1.29, 1.82) is 0 Å². The molecule has 1 N–H and O–H groups in total. The third-order valence-electron chi connectivity index (χ3n) is 8.36. The van der Waals surface area contributed by atoms with E-state index in [4.69, 9.17) is 8.83 Å². The van der Waals surface area contributed by atoms with E-state index in [0.717, 1.165) is 35.1 Å². The van der Waals surface area contributed by atoms with Crippen LogP contribution in [0.4, 0.5) is 0 Å². The Bertz CT molecular complexity index is 2140. The molecule has 6 aromatic rings. The van der Waals surface area contributed by atoms with E-state index in [1.807, 2.05) is 62.4 Å². The van der Waals surface area contributed by atoms with E-state index in [9.17, 15) is 5.11 Å². The van der Waals surface area contributed by atoms with Crippen molar-refractivity contribution in [3.05, 3.63) is 119 Å². The third kappa shape index (κ3) is 8.07. The van der Waals surface area contributed by atoms with Crippen molar-refractivity contribution in [2.45, 2.75) is 63.7 Å². The lowest BCUT2D eigenvalue weighted by Gasteiger charge is -2.18. The molecule has 0 spiro atoms. The second kappa shape index (κ2) is 14.9. The number of rotatable bonds is 10. The van der Waals surface area contributed by atoms with Crippen LogP contribution in [0.3, 0.4) is 0 Å². The minimum absolute atomic E-state index is 0.0207. The maximum absolute atomic E-state index is 11.2. The molecule has 0 bridgehead atoms. The molecule has 0 aliphatic rings. The minimum atomic E-state index is -0.296. The maximum atomic E-state index is 11.2.